The molecule has 0 aliphatic heterocycles. The maximum Gasteiger partial charge on any atom is 0.165 e. The molecule has 1 aliphatic rings. The van der Waals surface area contributed by atoms with Gasteiger partial charge in [-0.15, -0.1) is 0 Å². The van der Waals surface area contributed by atoms with E-state index in [1.165, 1.54) is 0 Å². The van der Waals surface area contributed by atoms with Gasteiger partial charge < -0.3 is 10.5 Å². The van der Waals surface area contributed by atoms with Gasteiger partial charge in [0.05, 0.1) is 6.10 Å². The topological polar surface area (TPSA) is 52.3 Å². The van der Waals surface area contributed by atoms with Crippen LogP contribution >= 0.6 is 0 Å². The van der Waals surface area contributed by atoms with Crippen molar-refractivity contribution in [3.05, 3.63) is 29.8 Å². The van der Waals surface area contributed by atoms with Crippen LogP contribution in [-0.2, 0) is 0 Å². The van der Waals surface area contributed by atoms with E-state index >= 15 is 0 Å². The molecule has 0 bridgehead atoms. The van der Waals surface area contributed by atoms with Crippen molar-refractivity contribution in [2.24, 2.45) is 11.7 Å². The Morgan fingerprint density at radius 3 is 2.61 bits per heavy atom. The molecule has 98 valence electrons. The highest BCUT2D eigenvalue weighted by Gasteiger charge is 2.23. The lowest BCUT2D eigenvalue weighted by Gasteiger charge is -2.10. The van der Waals surface area contributed by atoms with E-state index in [0.717, 1.165) is 37.0 Å². The Morgan fingerprint density at radius 1 is 1.39 bits per heavy atom. The van der Waals surface area contributed by atoms with Gasteiger partial charge in [-0.2, -0.15) is 0 Å². The first-order chi connectivity index (χ1) is 8.70. The Morgan fingerprint density at radius 2 is 2.06 bits per heavy atom. The number of ketones is 1. The second-order valence-electron chi connectivity index (χ2n) is 5.04. The van der Waals surface area contributed by atoms with E-state index in [2.05, 4.69) is 0 Å². The van der Waals surface area contributed by atoms with Gasteiger partial charge in [0.2, 0.25) is 0 Å². The number of ether oxygens (including phenoxy) is 1. The van der Waals surface area contributed by atoms with Crippen molar-refractivity contribution in [3.63, 3.8) is 0 Å². The molecular weight excluding hydrogens is 226 g/mol. The molecule has 3 nitrogen and oxygen atoms in total. The number of carbonyl (C=O) groups is 1. The number of Topliss-reactive ketones (excluding diaryl/α,β-unsaturated/α-hetero) is 1. The molecule has 0 radical (unpaired) electrons. The molecule has 2 rings (SSSR count). The number of hydrogen-bond donors (Lipinski definition) is 1. The Balaban J connectivity index is 1.92. The first-order valence-corrected chi connectivity index (χ1v) is 6.71. The predicted octanol–water partition coefficient (Wildman–Crippen LogP) is 2.79. The van der Waals surface area contributed by atoms with Crippen LogP contribution in [0.1, 0.15) is 43.0 Å². The van der Waals surface area contributed by atoms with Crippen LogP contribution in [0.4, 0.5) is 0 Å². The van der Waals surface area contributed by atoms with Crippen molar-refractivity contribution in [1.29, 1.82) is 0 Å². The fourth-order valence-electron chi connectivity index (χ4n) is 1.92. The summed E-state index contributed by atoms with van der Waals surface area (Å²) in [5.74, 6) is 1.11. The van der Waals surface area contributed by atoms with Gasteiger partial charge in [0, 0.05) is 11.5 Å². The summed E-state index contributed by atoms with van der Waals surface area (Å²) in [6.45, 7) is 2.61. The van der Waals surface area contributed by atoms with Gasteiger partial charge in [0.15, 0.2) is 5.78 Å². The van der Waals surface area contributed by atoms with Crippen LogP contribution in [0, 0.1) is 5.92 Å². The van der Waals surface area contributed by atoms with E-state index in [1.807, 2.05) is 31.2 Å². The summed E-state index contributed by atoms with van der Waals surface area (Å²) in [7, 11) is 0. The predicted molar refractivity (Wildman–Crippen MR) is 71.9 cm³/mol. The van der Waals surface area contributed by atoms with Gasteiger partial charge in [-0.1, -0.05) is 6.92 Å². The van der Waals surface area contributed by atoms with Crippen LogP contribution in [-0.4, -0.2) is 18.4 Å². The molecule has 2 N–H and O–H groups in total. The van der Waals surface area contributed by atoms with E-state index in [4.69, 9.17) is 10.5 Å². The number of rotatable bonds is 7. The molecule has 3 heteroatoms. The lowest BCUT2D eigenvalue weighted by molar-refractivity contribution is 0.0923. The molecule has 0 heterocycles. The van der Waals surface area contributed by atoms with E-state index in [0.29, 0.717) is 12.6 Å². The summed E-state index contributed by atoms with van der Waals surface area (Å²) in [5.41, 5.74) is 6.23. The minimum absolute atomic E-state index is 0.0451. The smallest absolute Gasteiger partial charge is 0.165 e. The summed E-state index contributed by atoms with van der Waals surface area (Å²) < 4.78 is 5.66. The third kappa shape index (κ3) is 3.57. The summed E-state index contributed by atoms with van der Waals surface area (Å²) >= 11 is 0. The van der Waals surface area contributed by atoms with Crippen molar-refractivity contribution in [2.45, 2.75) is 38.7 Å². The molecule has 0 saturated heterocycles. The molecule has 0 amide bonds. The third-order valence-corrected chi connectivity index (χ3v) is 3.25. The second kappa shape index (κ2) is 6.01. The van der Waals surface area contributed by atoms with Gasteiger partial charge in [0.1, 0.15) is 5.75 Å². The highest BCUT2D eigenvalue weighted by Crippen LogP contribution is 2.27. The SMILES string of the molecule is CC(CCCN)C(=O)c1ccc(OC2CC2)cc1. The molecular formula is C15H21NO2. The monoisotopic (exact) mass is 247 g/mol. The van der Waals surface area contributed by atoms with Crippen molar-refractivity contribution >= 4 is 5.78 Å². The first-order valence-electron chi connectivity index (χ1n) is 6.71. The molecule has 1 atom stereocenters. The minimum Gasteiger partial charge on any atom is -0.490 e. The van der Waals surface area contributed by atoms with Gasteiger partial charge in [0.25, 0.3) is 0 Å². The number of benzene rings is 1. The second-order valence-corrected chi connectivity index (χ2v) is 5.04. The zero-order chi connectivity index (χ0) is 13.0. The Bertz CT molecular complexity index is 395. The zero-order valence-electron chi connectivity index (χ0n) is 10.9. The van der Waals surface area contributed by atoms with Gasteiger partial charge >= 0.3 is 0 Å². The van der Waals surface area contributed by atoms with Crippen LogP contribution in [0.5, 0.6) is 5.75 Å². The Kier molecular flexibility index (Phi) is 4.37. The van der Waals surface area contributed by atoms with E-state index in [1.54, 1.807) is 0 Å². The summed E-state index contributed by atoms with van der Waals surface area (Å²) in [6.07, 6.45) is 4.45. The van der Waals surface area contributed by atoms with E-state index in [9.17, 15) is 4.79 Å². The van der Waals surface area contributed by atoms with Crippen LogP contribution < -0.4 is 10.5 Å². The third-order valence-electron chi connectivity index (χ3n) is 3.25. The molecule has 0 spiro atoms. The molecule has 1 unspecified atom stereocenters. The highest BCUT2D eigenvalue weighted by atomic mass is 16.5. The first kappa shape index (κ1) is 13.1. The number of hydrogen-bond acceptors (Lipinski definition) is 3. The zero-order valence-corrected chi connectivity index (χ0v) is 10.9. The minimum atomic E-state index is 0.0451. The lowest BCUT2D eigenvalue weighted by atomic mass is 9.95. The van der Waals surface area contributed by atoms with Crippen LogP contribution in [0.3, 0.4) is 0 Å². The molecule has 1 saturated carbocycles. The van der Waals surface area contributed by atoms with Gasteiger partial charge in [-0.05, 0) is 56.5 Å². The molecule has 1 fully saturated rings. The normalized spacial score (nSPS) is 16.3. The van der Waals surface area contributed by atoms with Crippen LogP contribution in [0.15, 0.2) is 24.3 Å². The summed E-state index contributed by atoms with van der Waals surface area (Å²) in [4.78, 5) is 12.1. The lowest BCUT2D eigenvalue weighted by Crippen LogP contribution is -2.13. The molecule has 1 aliphatic carbocycles. The average molecular weight is 247 g/mol. The fourth-order valence-corrected chi connectivity index (χ4v) is 1.92. The van der Waals surface area contributed by atoms with Gasteiger partial charge in [-0.25, -0.2) is 0 Å². The molecule has 1 aromatic carbocycles. The van der Waals surface area contributed by atoms with Crippen LogP contribution in [0.25, 0.3) is 0 Å². The van der Waals surface area contributed by atoms with Crippen molar-refractivity contribution < 1.29 is 9.53 Å². The van der Waals surface area contributed by atoms with Crippen molar-refractivity contribution in [3.8, 4) is 5.75 Å². The Labute approximate surface area is 108 Å². The van der Waals surface area contributed by atoms with E-state index < -0.39 is 0 Å². The van der Waals surface area contributed by atoms with E-state index in [-0.39, 0.29) is 11.7 Å². The standard InChI is InChI=1S/C15H21NO2/c1-11(3-2-10-16)15(17)12-4-6-13(7-5-12)18-14-8-9-14/h4-7,11,14H,2-3,8-10,16H2,1H3. The van der Waals surface area contributed by atoms with Crippen molar-refractivity contribution in [1.82, 2.24) is 0 Å². The summed E-state index contributed by atoms with van der Waals surface area (Å²) in [6, 6.07) is 7.50. The Hall–Kier alpha value is -1.35. The van der Waals surface area contributed by atoms with Crippen molar-refractivity contribution in [2.75, 3.05) is 6.54 Å². The van der Waals surface area contributed by atoms with Crippen LogP contribution in [0.2, 0.25) is 0 Å². The molecule has 0 aromatic heterocycles. The maximum absolute atomic E-state index is 12.1. The highest BCUT2D eigenvalue weighted by molar-refractivity contribution is 5.97. The average Bonchev–Trinajstić information content (AvgIpc) is 3.20. The van der Waals surface area contributed by atoms with Gasteiger partial charge in [-0.3, -0.25) is 4.79 Å². The quantitative estimate of drug-likeness (QED) is 0.754. The number of carbonyl (C=O) groups excluding carboxylic acids is 1. The fraction of sp³-hybridized carbons (Fsp3) is 0.533. The largest absolute Gasteiger partial charge is 0.490 e. The maximum atomic E-state index is 12.1. The summed E-state index contributed by atoms with van der Waals surface area (Å²) in [5, 5.41) is 0. The molecule has 1 aromatic rings. The number of nitrogens with two attached hydrogens (primary N) is 1. The molecule has 18 heavy (non-hydrogen) atoms.